The molecular formula is C28H33BrN2O4S. The Labute approximate surface area is 225 Å². The third-order valence-electron chi connectivity index (χ3n) is 7.67. The van der Waals surface area contributed by atoms with Crippen LogP contribution in [0.15, 0.2) is 58.9 Å². The summed E-state index contributed by atoms with van der Waals surface area (Å²) < 4.78 is 7.23. The fourth-order valence-electron chi connectivity index (χ4n) is 6.00. The summed E-state index contributed by atoms with van der Waals surface area (Å²) in [5, 5.41) is 12.4. The molecule has 0 bridgehead atoms. The minimum atomic E-state index is -0.757. The predicted molar refractivity (Wildman–Crippen MR) is 147 cm³/mol. The van der Waals surface area contributed by atoms with E-state index in [9.17, 15) is 14.7 Å². The quantitative estimate of drug-likeness (QED) is 0.274. The molecule has 3 atom stereocenters. The number of hydrogen-bond acceptors (Lipinski definition) is 6. The molecule has 2 fully saturated rings. The highest BCUT2D eigenvalue weighted by molar-refractivity contribution is 9.10. The molecule has 1 saturated heterocycles. The number of amides is 1. The van der Waals surface area contributed by atoms with E-state index in [0.717, 1.165) is 34.3 Å². The number of thiophene rings is 1. The number of carbonyl (C=O) groups is 2. The lowest BCUT2D eigenvalue weighted by molar-refractivity contribution is -0.189. The second-order valence-electron chi connectivity index (χ2n) is 9.84. The van der Waals surface area contributed by atoms with Crippen LogP contribution in [0.2, 0.25) is 0 Å². The highest BCUT2D eigenvalue weighted by Crippen LogP contribution is 2.54. The first kappa shape index (κ1) is 26.6. The Morgan fingerprint density at radius 1 is 1.36 bits per heavy atom. The third-order valence-corrected chi connectivity index (χ3v) is 9.33. The van der Waals surface area contributed by atoms with Crippen molar-refractivity contribution in [1.29, 1.82) is 0 Å². The molecule has 0 spiro atoms. The first-order chi connectivity index (χ1) is 17.2. The van der Waals surface area contributed by atoms with Crippen molar-refractivity contribution < 1.29 is 19.4 Å². The standard InChI is InChI=1S/C28H33BrN2O4S/c1-4-13-31-14-12-27(21-6-5-7-24(33)15-21)17-23(10-11-28(27,19-31)35-20(2)32)30(3)26(34)9-8-25-16-22(29)18-36-25/h4-9,15-16,18,23,33H,1,10-14,17,19H2,2-3H3/b9-8+/t23-,27+,28+/m1/s1. The summed E-state index contributed by atoms with van der Waals surface area (Å²) in [6.45, 7) is 7.46. The summed E-state index contributed by atoms with van der Waals surface area (Å²) >= 11 is 5.02. The van der Waals surface area contributed by atoms with Crippen LogP contribution in [0.25, 0.3) is 6.08 Å². The van der Waals surface area contributed by atoms with Gasteiger partial charge < -0.3 is 14.7 Å². The summed E-state index contributed by atoms with van der Waals surface area (Å²) in [6, 6.07) is 9.25. The van der Waals surface area contributed by atoms with Crippen molar-refractivity contribution in [2.24, 2.45) is 0 Å². The molecule has 8 heteroatoms. The topological polar surface area (TPSA) is 70.1 Å². The number of benzene rings is 1. The van der Waals surface area contributed by atoms with Crippen LogP contribution in [-0.2, 0) is 19.7 Å². The second-order valence-corrected chi connectivity index (χ2v) is 11.7. The Balaban J connectivity index is 1.68. The van der Waals surface area contributed by atoms with Crippen molar-refractivity contribution in [3.63, 3.8) is 0 Å². The molecule has 4 rings (SSSR count). The van der Waals surface area contributed by atoms with Gasteiger partial charge in [-0.05, 0) is 78.0 Å². The maximum absolute atomic E-state index is 13.2. The van der Waals surface area contributed by atoms with Crippen LogP contribution in [0.5, 0.6) is 5.75 Å². The van der Waals surface area contributed by atoms with Gasteiger partial charge in [0.1, 0.15) is 11.4 Å². The molecule has 1 saturated carbocycles. The van der Waals surface area contributed by atoms with E-state index in [1.54, 1.807) is 29.5 Å². The molecular weight excluding hydrogens is 540 g/mol. The number of esters is 1. The zero-order valence-corrected chi connectivity index (χ0v) is 23.2. The largest absolute Gasteiger partial charge is 0.508 e. The van der Waals surface area contributed by atoms with E-state index in [-0.39, 0.29) is 23.7 Å². The lowest BCUT2D eigenvalue weighted by atomic mass is 9.55. The first-order valence-electron chi connectivity index (χ1n) is 12.2. The van der Waals surface area contributed by atoms with Gasteiger partial charge in [0.05, 0.1) is 0 Å². The number of carbonyl (C=O) groups excluding carboxylic acids is 2. The Morgan fingerprint density at radius 3 is 2.83 bits per heavy atom. The van der Waals surface area contributed by atoms with Crippen LogP contribution in [0.4, 0.5) is 0 Å². The van der Waals surface area contributed by atoms with Crippen molar-refractivity contribution in [1.82, 2.24) is 9.80 Å². The predicted octanol–water partition coefficient (Wildman–Crippen LogP) is 5.37. The molecule has 1 aliphatic carbocycles. The maximum atomic E-state index is 13.2. The van der Waals surface area contributed by atoms with E-state index < -0.39 is 11.0 Å². The molecule has 0 radical (unpaired) electrons. The van der Waals surface area contributed by atoms with E-state index in [1.807, 2.05) is 47.7 Å². The van der Waals surface area contributed by atoms with Crippen LogP contribution < -0.4 is 0 Å². The Kier molecular flexibility index (Phi) is 8.07. The zero-order valence-electron chi connectivity index (χ0n) is 20.8. The van der Waals surface area contributed by atoms with Crippen molar-refractivity contribution in [3.05, 3.63) is 69.4 Å². The fourth-order valence-corrected chi connectivity index (χ4v) is 7.34. The number of ether oxygens (including phenoxy) is 1. The highest BCUT2D eigenvalue weighted by Gasteiger charge is 2.61. The van der Waals surface area contributed by atoms with Gasteiger partial charge in [0.25, 0.3) is 0 Å². The lowest BCUT2D eigenvalue weighted by Crippen LogP contribution is -2.68. The number of halogens is 1. The van der Waals surface area contributed by atoms with E-state index in [4.69, 9.17) is 4.74 Å². The minimum absolute atomic E-state index is 0.0331. The molecule has 1 aromatic carbocycles. The second kappa shape index (κ2) is 10.9. The van der Waals surface area contributed by atoms with Crippen LogP contribution in [0.3, 0.4) is 0 Å². The van der Waals surface area contributed by atoms with E-state index >= 15 is 0 Å². The number of phenolic OH excluding ortho intramolecular Hbond substituents is 1. The average molecular weight is 574 g/mol. The van der Waals surface area contributed by atoms with Crippen LogP contribution in [0.1, 0.15) is 43.0 Å². The SMILES string of the molecule is C=CCN1CC[C@@]2(c3cccc(O)c3)C[C@H](N(C)C(=O)/C=C/c3cc(Br)cs3)CC[C@]2(OC(C)=O)C1. The number of likely N-dealkylation sites (N-methyl/N-ethyl adjacent to an activating group) is 1. The van der Waals surface area contributed by atoms with Gasteiger partial charge in [0.15, 0.2) is 0 Å². The summed E-state index contributed by atoms with van der Waals surface area (Å²) in [5.41, 5.74) is -0.339. The number of likely N-dealkylation sites (tertiary alicyclic amines) is 1. The molecule has 1 aliphatic heterocycles. The third kappa shape index (κ3) is 5.31. The summed E-state index contributed by atoms with van der Waals surface area (Å²) in [5.74, 6) is -0.184. The van der Waals surface area contributed by atoms with Gasteiger partial charge in [-0.1, -0.05) is 18.2 Å². The lowest BCUT2D eigenvalue weighted by Gasteiger charge is -2.60. The fraction of sp³-hybridized carbons (Fsp3) is 0.429. The summed E-state index contributed by atoms with van der Waals surface area (Å²) in [4.78, 5) is 30.7. The summed E-state index contributed by atoms with van der Waals surface area (Å²) in [6.07, 6.45) is 8.08. The van der Waals surface area contributed by atoms with Crippen molar-refractivity contribution in [2.75, 3.05) is 26.7 Å². The maximum Gasteiger partial charge on any atom is 0.303 e. The van der Waals surface area contributed by atoms with Crippen LogP contribution in [0, 0.1) is 0 Å². The van der Waals surface area contributed by atoms with Gasteiger partial charge in [0.2, 0.25) is 5.91 Å². The first-order valence-corrected chi connectivity index (χ1v) is 13.9. The van der Waals surface area contributed by atoms with E-state index in [2.05, 4.69) is 27.4 Å². The number of nitrogens with zero attached hydrogens (tertiary/aromatic N) is 2. The van der Waals surface area contributed by atoms with Gasteiger partial charge in [-0.3, -0.25) is 14.5 Å². The molecule has 0 unspecified atom stereocenters. The number of hydrogen-bond donors (Lipinski definition) is 1. The average Bonchev–Trinajstić information content (AvgIpc) is 3.26. The van der Waals surface area contributed by atoms with Gasteiger partial charge in [0, 0.05) is 59.3 Å². The highest BCUT2D eigenvalue weighted by atomic mass is 79.9. The van der Waals surface area contributed by atoms with E-state index in [1.165, 1.54) is 6.92 Å². The molecule has 1 N–H and O–H groups in total. The molecule has 1 amide bonds. The smallest absolute Gasteiger partial charge is 0.303 e. The zero-order chi connectivity index (χ0) is 25.9. The number of phenols is 1. The van der Waals surface area contributed by atoms with Crippen molar-refractivity contribution in [3.8, 4) is 5.75 Å². The Hall–Kier alpha value is -2.42. The monoisotopic (exact) mass is 572 g/mol. The molecule has 2 heterocycles. The molecule has 1 aromatic heterocycles. The van der Waals surface area contributed by atoms with Crippen molar-refractivity contribution >= 4 is 45.2 Å². The molecule has 36 heavy (non-hydrogen) atoms. The Morgan fingerprint density at radius 2 is 2.17 bits per heavy atom. The van der Waals surface area contributed by atoms with Gasteiger partial charge in [-0.25, -0.2) is 0 Å². The van der Waals surface area contributed by atoms with Gasteiger partial charge in [-0.2, -0.15) is 0 Å². The van der Waals surface area contributed by atoms with Crippen molar-refractivity contribution in [2.45, 2.75) is 49.7 Å². The van der Waals surface area contributed by atoms with Gasteiger partial charge >= 0.3 is 5.97 Å². The normalized spacial score (nSPS) is 26.4. The van der Waals surface area contributed by atoms with Crippen LogP contribution in [-0.4, -0.2) is 65.1 Å². The van der Waals surface area contributed by atoms with E-state index in [0.29, 0.717) is 25.9 Å². The minimum Gasteiger partial charge on any atom is -0.508 e. The number of piperidine rings is 1. The molecule has 2 aliphatic rings. The number of aromatic hydroxyl groups is 1. The molecule has 192 valence electrons. The molecule has 6 nitrogen and oxygen atoms in total. The number of fused-ring (bicyclic) bond motifs is 1. The van der Waals surface area contributed by atoms with Crippen LogP contribution >= 0.6 is 27.3 Å². The molecule has 2 aromatic rings. The summed E-state index contributed by atoms with van der Waals surface area (Å²) in [7, 11) is 1.85. The van der Waals surface area contributed by atoms with Gasteiger partial charge in [-0.15, -0.1) is 17.9 Å². The Bertz CT molecular complexity index is 1160. The number of rotatable bonds is 7.